The van der Waals surface area contributed by atoms with E-state index in [0.29, 0.717) is 41.2 Å². The van der Waals surface area contributed by atoms with Crippen LogP contribution >= 0.6 is 0 Å². The molecule has 2 aromatic carbocycles. The summed E-state index contributed by atoms with van der Waals surface area (Å²) in [5.74, 6) is -1.00. The number of ether oxygens (including phenoxy) is 1. The van der Waals surface area contributed by atoms with E-state index >= 15 is 0 Å². The Balaban J connectivity index is 1.72. The Kier molecular flexibility index (Phi) is 5.63. The first kappa shape index (κ1) is 23.3. The number of nitrogens with zero attached hydrogens (tertiary/aromatic N) is 2. The van der Waals surface area contributed by atoms with Gasteiger partial charge in [0.05, 0.1) is 33.9 Å². The number of primary amides is 1. The number of halogens is 3. The molecule has 0 aliphatic heterocycles. The van der Waals surface area contributed by atoms with Crippen molar-refractivity contribution in [1.82, 2.24) is 9.78 Å². The molecule has 0 radical (unpaired) electrons. The molecule has 1 aromatic heterocycles. The number of carbonyl (C=O) groups is 2. The Morgan fingerprint density at radius 1 is 1.15 bits per heavy atom. The minimum Gasteiger partial charge on any atom is -0.406 e. The third-order valence-corrected chi connectivity index (χ3v) is 5.60. The van der Waals surface area contributed by atoms with Crippen molar-refractivity contribution in [3.05, 3.63) is 65.0 Å². The fraction of sp³-hybridized carbons (Fsp3) is 0.292. The van der Waals surface area contributed by atoms with Crippen LogP contribution in [0, 0.1) is 12.3 Å². The first-order valence-electron chi connectivity index (χ1n) is 10.5. The number of Topliss-reactive ketones (excluding diaryl/α,β-unsaturated/α-hetero) is 1. The van der Waals surface area contributed by atoms with E-state index in [9.17, 15) is 22.8 Å². The highest BCUT2D eigenvalue weighted by Gasteiger charge is 2.36. The normalized spacial score (nSPS) is 15.1. The highest BCUT2D eigenvalue weighted by atomic mass is 19.4. The molecular formula is C24H23F3N4O3. The number of alkyl halides is 3. The van der Waals surface area contributed by atoms with Crippen molar-refractivity contribution in [3.8, 4) is 11.4 Å². The molecule has 0 saturated carbocycles. The molecule has 0 spiro atoms. The molecule has 0 atom stereocenters. The number of nitrogens with two attached hydrogens (primary N) is 1. The molecule has 3 aromatic rings. The highest BCUT2D eigenvalue weighted by molar-refractivity contribution is 6.01. The fourth-order valence-corrected chi connectivity index (χ4v) is 4.23. The van der Waals surface area contributed by atoms with Crippen molar-refractivity contribution in [2.45, 2.75) is 40.0 Å². The van der Waals surface area contributed by atoms with Gasteiger partial charge in [-0.15, -0.1) is 13.2 Å². The summed E-state index contributed by atoms with van der Waals surface area (Å²) >= 11 is 0. The predicted molar refractivity (Wildman–Crippen MR) is 120 cm³/mol. The third kappa shape index (κ3) is 4.75. The van der Waals surface area contributed by atoms with Gasteiger partial charge in [0.15, 0.2) is 5.78 Å². The number of carbonyl (C=O) groups excluding carboxylic acids is 2. The zero-order valence-corrected chi connectivity index (χ0v) is 18.8. The maximum Gasteiger partial charge on any atom is 0.573 e. The molecule has 0 unspecified atom stereocenters. The van der Waals surface area contributed by atoms with E-state index in [1.807, 2.05) is 13.8 Å². The summed E-state index contributed by atoms with van der Waals surface area (Å²) < 4.78 is 42.8. The SMILES string of the molecule is Cc1nn(-c2ccc(C(N)=O)c(Nc3ccc(OC(F)(F)F)cc3)c2)c2c1C(=O)CC(C)(C)C2. The topological polar surface area (TPSA) is 99.2 Å². The number of rotatable bonds is 5. The number of nitrogens with one attached hydrogen (secondary N) is 1. The van der Waals surface area contributed by atoms with Crippen LogP contribution in [0.25, 0.3) is 5.69 Å². The second-order valence-corrected chi connectivity index (χ2v) is 9.05. The molecule has 34 heavy (non-hydrogen) atoms. The molecular weight excluding hydrogens is 449 g/mol. The highest BCUT2D eigenvalue weighted by Crippen LogP contribution is 2.37. The molecule has 1 aliphatic rings. The minimum absolute atomic E-state index is 0.0447. The molecule has 0 saturated heterocycles. The van der Waals surface area contributed by atoms with E-state index in [1.165, 1.54) is 12.1 Å². The van der Waals surface area contributed by atoms with Gasteiger partial charge in [0.25, 0.3) is 5.91 Å². The Bertz CT molecular complexity index is 1280. The lowest BCUT2D eigenvalue weighted by Gasteiger charge is -2.29. The first-order valence-corrected chi connectivity index (χ1v) is 10.5. The Hall–Kier alpha value is -3.82. The zero-order valence-electron chi connectivity index (χ0n) is 18.8. The van der Waals surface area contributed by atoms with E-state index in [1.54, 1.807) is 29.8 Å². The van der Waals surface area contributed by atoms with Crippen LogP contribution in [0.3, 0.4) is 0 Å². The molecule has 1 aliphatic carbocycles. The van der Waals surface area contributed by atoms with Gasteiger partial charge in [-0.05, 0) is 61.2 Å². The second-order valence-electron chi connectivity index (χ2n) is 9.05. The number of benzene rings is 2. The van der Waals surface area contributed by atoms with Crippen LogP contribution in [0.15, 0.2) is 42.5 Å². The Morgan fingerprint density at radius 2 is 1.82 bits per heavy atom. The average Bonchev–Trinajstić information content (AvgIpc) is 3.03. The fourth-order valence-electron chi connectivity index (χ4n) is 4.23. The lowest BCUT2D eigenvalue weighted by Crippen LogP contribution is -2.28. The van der Waals surface area contributed by atoms with Crippen molar-refractivity contribution < 1.29 is 27.5 Å². The van der Waals surface area contributed by atoms with E-state index in [2.05, 4.69) is 15.2 Å². The molecule has 3 N–H and O–H groups in total. The number of hydrogen-bond acceptors (Lipinski definition) is 5. The minimum atomic E-state index is -4.79. The van der Waals surface area contributed by atoms with Crippen molar-refractivity contribution in [2.75, 3.05) is 5.32 Å². The standard InChI is InChI=1S/C24H23F3N4O3/c1-13-21-19(11-23(2,3)12-20(21)32)31(30-13)15-6-9-17(22(28)33)18(10-15)29-14-4-7-16(8-5-14)34-24(25,26)27/h4-10,29H,11-12H2,1-3H3,(H2,28,33). The third-order valence-electron chi connectivity index (χ3n) is 5.60. The van der Waals surface area contributed by atoms with Gasteiger partial charge in [-0.25, -0.2) is 4.68 Å². The lowest BCUT2D eigenvalue weighted by atomic mass is 9.75. The summed E-state index contributed by atoms with van der Waals surface area (Å²) in [7, 11) is 0. The maximum absolute atomic E-state index is 12.7. The van der Waals surface area contributed by atoms with Crippen molar-refractivity contribution in [3.63, 3.8) is 0 Å². The number of ketones is 1. The summed E-state index contributed by atoms with van der Waals surface area (Å²) in [6.45, 7) is 5.83. The van der Waals surface area contributed by atoms with E-state index < -0.39 is 12.3 Å². The van der Waals surface area contributed by atoms with Gasteiger partial charge >= 0.3 is 6.36 Å². The van der Waals surface area contributed by atoms with Gasteiger partial charge in [-0.2, -0.15) is 5.10 Å². The van der Waals surface area contributed by atoms with Crippen LogP contribution in [0.5, 0.6) is 5.75 Å². The van der Waals surface area contributed by atoms with Crippen LogP contribution < -0.4 is 15.8 Å². The van der Waals surface area contributed by atoms with E-state index in [-0.39, 0.29) is 22.5 Å². The molecule has 1 amide bonds. The molecule has 0 bridgehead atoms. The summed E-state index contributed by atoms with van der Waals surface area (Å²) in [5.41, 5.74) is 8.92. The van der Waals surface area contributed by atoms with Crippen molar-refractivity contribution >= 4 is 23.1 Å². The molecule has 178 valence electrons. The summed E-state index contributed by atoms with van der Waals surface area (Å²) in [6.07, 6.45) is -3.71. The summed E-state index contributed by atoms with van der Waals surface area (Å²) in [4.78, 5) is 24.7. The molecule has 4 rings (SSSR count). The van der Waals surface area contributed by atoms with Crippen LogP contribution in [0.1, 0.15) is 52.4 Å². The van der Waals surface area contributed by atoms with Gasteiger partial charge in [-0.3, -0.25) is 9.59 Å². The van der Waals surface area contributed by atoms with Gasteiger partial charge < -0.3 is 15.8 Å². The van der Waals surface area contributed by atoms with Crippen molar-refractivity contribution in [1.29, 1.82) is 0 Å². The molecule has 7 nitrogen and oxygen atoms in total. The maximum atomic E-state index is 12.7. The van der Waals surface area contributed by atoms with Crippen LogP contribution in [-0.4, -0.2) is 27.8 Å². The summed E-state index contributed by atoms with van der Waals surface area (Å²) in [5, 5.41) is 7.60. The molecule has 1 heterocycles. The summed E-state index contributed by atoms with van der Waals surface area (Å²) in [6, 6.07) is 9.98. The Morgan fingerprint density at radius 3 is 2.44 bits per heavy atom. The van der Waals surface area contributed by atoms with E-state index in [4.69, 9.17) is 5.73 Å². The van der Waals surface area contributed by atoms with Gasteiger partial charge in [0.2, 0.25) is 0 Å². The van der Waals surface area contributed by atoms with Gasteiger partial charge in [0, 0.05) is 12.1 Å². The number of anilines is 2. The monoisotopic (exact) mass is 472 g/mol. The van der Waals surface area contributed by atoms with Gasteiger partial charge in [0.1, 0.15) is 5.75 Å². The van der Waals surface area contributed by atoms with E-state index in [0.717, 1.165) is 17.8 Å². The van der Waals surface area contributed by atoms with Crippen molar-refractivity contribution in [2.24, 2.45) is 11.1 Å². The zero-order chi connectivity index (χ0) is 24.8. The first-order chi connectivity index (χ1) is 15.8. The number of amides is 1. The number of hydrogen-bond donors (Lipinski definition) is 2. The average molecular weight is 472 g/mol. The second kappa shape index (κ2) is 8.19. The number of aromatic nitrogens is 2. The van der Waals surface area contributed by atoms with Gasteiger partial charge in [-0.1, -0.05) is 13.8 Å². The molecule has 0 fully saturated rings. The Labute approximate surface area is 193 Å². The number of fused-ring (bicyclic) bond motifs is 1. The molecule has 10 heteroatoms. The van der Waals surface area contributed by atoms with Crippen LogP contribution in [-0.2, 0) is 6.42 Å². The predicted octanol–water partition coefficient (Wildman–Crippen LogP) is 5.08. The smallest absolute Gasteiger partial charge is 0.406 e. The number of aryl methyl sites for hydroxylation is 1. The quantitative estimate of drug-likeness (QED) is 0.540. The largest absolute Gasteiger partial charge is 0.573 e. The lowest BCUT2D eigenvalue weighted by molar-refractivity contribution is -0.274. The van der Waals surface area contributed by atoms with Crippen LogP contribution in [0.2, 0.25) is 0 Å². The van der Waals surface area contributed by atoms with Crippen LogP contribution in [0.4, 0.5) is 24.5 Å².